The lowest BCUT2D eigenvalue weighted by Crippen LogP contribution is -2.39. The van der Waals surface area contributed by atoms with Crippen molar-refractivity contribution in [1.29, 1.82) is 0 Å². The van der Waals surface area contributed by atoms with Gasteiger partial charge in [0.2, 0.25) is 5.88 Å². The van der Waals surface area contributed by atoms with Gasteiger partial charge in [0.1, 0.15) is 5.52 Å². The predicted molar refractivity (Wildman–Crippen MR) is 151 cm³/mol. The van der Waals surface area contributed by atoms with E-state index in [4.69, 9.17) is 19.4 Å². The summed E-state index contributed by atoms with van der Waals surface area (Å²) in [6.45, 7) is 6.63. The fourth-order valence-corrected chi connectivity index (χ4v) is 6.21. The first-order valence-corrected chi connectivity index (χ1v) is 14.4. The Balaban J connectivity index is 1.21. The molecule has 2 aliphatic heterocycles. The van der Waals surface area contributed by atoms with Gasteiger partial charge in [0.25, 0.3) is 0 Å². The lowest BCUT2D eigenvalue weighted by molar-refractivity contribution is 0.0975. The minimum absolute atomic E-state index is 0.404. The van der Waals surface area contributed by atoms with Crippen molar-refractivity contribution in [2.45, 2.75) is 64.0 Å². The van der Waals surface area contributed by atoms with E-state index in [1.807, 2.05) is 18.5 Å². The van der Waals surface area contributed by atoms with Gasteiger partial charge >= 0.3 is 0 Å². The van der Waals surface area contributed by atoms with Gasteiger partial charge in [-0.25, -0.2) is 4.98 Å². The molecule has 8 heteroatoms. The molecule has 0 radical (unpaired) electrons. The molecule has 3 aliphatic rings. The Labute approximate surface area is 225 Å². The van der Waals surface area contributed by atoms with Gasteiger partial charge in [-0.1, -0.05) is 0 Å². The lowest BCUT2D eigenvalue weighted by Gasteiger charge is -2.35. The molecule has 5 heterocycles. The third-order valence-corrected chi connectivity index (χ3v) is 8.33. The molecule has 1 N–H and O–H groups in total. The number of rotatable bonds is 9. The maximum atomic E-state index is 6.07. The van der Waals surface area contributed by atoms with Gasteiger partial charge in [0.05, 0.1) is 43.4 Å². The number of methoxy groups -OCH3 is 1. The minimum atomic E-state index is 0.404. The fourth-order valence-electron chi connectivity index (χ4n) is 6.21. The number of ether oxygens (including phenoxy) is 2. The standard InChI is InChI=1S/C30H40N6O2/c1-37-30-22(21-38-18-17-35-13-4-5-14-35)19-27-29(34-30)28(25-8-2-3-9-26(25)33-27)32-23-10-15-36(16-11-23)24-7-6-12-31-20-24/h6-7,12,19-20,23H,2-5,8-11,13-18,21H2,1H3,(H,32,33). The molecule has 0 bridgehead atoms. The number of nitrogens with one attached hydrogen (secondary N) is 1. The van der Waals surface area contributed by atoms with Crippen LogP contribution in [-0.4, -0.2) is 72.3 Å². The Hall–Kier alpha value is -2.97. The van der Waals surface area contributed by atoms with Crippen LogP contribution < -0.4 is 15.0 Å². The smallest absolute Gasteiger partial charge is 0.219 e. The number of fused-ring (bicyclic) bond motifs is 2. The van der Waals surface area contributed by atoms with E-state index < -0.39 is 0 Å². The van der Waals surface area contributed by atoms with Crippen LogP contribution in [0, 0.1) is 0 Å². The molecule has 0 unspecified atom stereocenters. The predicted octanol–water partition coefficient (Wildman–Crippen LogP) is 4.61. The number of aromatic nitrogens is 3. The minimum Gasteiger partial charge on any atom is -0.481 e. The molecule has 2 saturated heterocycles. The van der Waals surface area contributed by atoms with E-state index in [0.717, 1.165) is 68.5 Å². The SMILES string of the molecule is COc1nc2c(NC3CCN(c4cccnc4)CC3)c3c(nc2cc1COCCN1CCCC1)CCCC3. The second kappa shape index (κ2) is 11.8. The van der Waals surface area contributed by atoms with E-state index >= 15 is 0 Å². The number of nitrogens with zero attached hydrogens (tertiary/aromatic N) is 5. The summed E-state index contributed by atoms with van der Waals surface area (Å²) in [5.41, 5.74) is 7.80. The van der Waals surface area contributed by atoms with Gasteiger partial charge < -0.3 is 24.6 Å². The third-order valence-electron chi connectivity index (χ3n) is 8.33. The zero-order valence-corrected chi connectivity index (χ0v) is 22.6. The van der Waals surface area contributed by atoms with Gasteiger partial charge in [-0.15, -0.1) is 0 Å². The molecule has 0 saturated carbocycles. The van der Waals surface area contributed by atoms with Crippen molar-refractivity contribution in [3.05, 3.63) is 47.4 Å². The first-order chi connectivity index (χ1) is 18.8. The topological polar surface area (TPSA) is 75.6 Å². The number of anilines is 2. The van der Waals surface area contributed by atoms with Crippen LogP contribution in [0.5, 0.6) is 5.88 Å². The number of likely N-dealkylation sites (tertiary alicyclic amines) is 1. The molecule has 3 aromatic rings. The van der Waals surface area contributed by atoms with Gasteiger partial charge in [-0.2, -0.15) is 0 Å². The lowest BCUT2D eigenvalue weighted by atomic mass is 9.92. The van der Waals surface area contributed by atoms with Crippen molar-refractivity contribution < 1.29 is 9.47 Å². The van der Waals surface area contributed by atoms with Gasteiger partial charge in [-0.3, -0.25) is 9.97 Å². The second-order valence-electron chi connectivity index (χ2n) is 10.9. The average molecular weight is 517 g/mol. The third kappa shape index (κ3) is 5.57. The van der Waals surface area contributed by atoms with Crippen LogP contribution in [-0.2, 0) is 24.2 Å². The van der Waals surface area contributed by atoms with Crippen molar-refractivity contribution in [2.75, 3.05) is 56.7 Å². The van der Waals surface area contributed by atoms with E-state index in [0.29, 0.717) is 18.5 Å². The largest absolute Gasteiger partial charge is 0.481 e. The summed E-state index contributed by atoms with van der Waals surface area (Å²) in [6, 6.07) is 6.71. The molecule has 0 spiro atoms. The van der Waals surface area contributed by atoms with E-state index in [9.17, 15) is 0 Å². The van der Waals surface area contributed by atoms with Gasteiger partial charge in [-0.05, 0) is 88.2 Å². The maximum absolute atomic E-state index is 6.07. The zero-order chi connectivity index (χ0) is 25.7. The number of pyridine rings is 3. The molecular weight excluding hydrogens is 476 g/mol. The van der Waals surface area contributed by atoms with E-state index in [2.05, 4.69) is 32.2 Å². The molecule has 0 aromatic carbocycles. The van der Waals surface area contributed by atoms with Crippen molar-refractivity contribution in [3.8, 4) is 5.88 Å². The number of hydrogen-bond acceptors (Lipinski definition) is 8. The number of piperidine rings is 1. The van der Waals surface area contributed by atoms with Crippen LogP contribution in [0.2, 0.25) is 0 Å². The molecule has 1 aliphatic carbocycles. The van der Waals surface area contributed by atoms with Crippen LogP contribution in [0.15, 0.2) is 30.6 Å². The van der Waals surface area contributed by atoms with Gasteiger partial charge in [0.15, 0.2) is 0 Å². The second-order valence-corrected chi connectivity index (χ2v) is 10.9. The Morgan fingerprint density at radius 2 is 1.87 bits per heavy atom. The summed E-state index contributed by atoms with van der Waals surface area (Å²) in [4.78, 5) is 19.3. The summed E-state index contributed by atoms with van der Waals surface area (Å²) in [6.07, 6.45) is 13.1. The van der Waals surface area contributed by atoms with E-state index in [1.165, 1.54) is 61.4 Å². The summed E-state index contributed by atoms with van der Waals surface area (Å²) in [5, 5.41) is 3.94. The van der Waals surface area contributed by atoms with Crippen molar-refractivity contribution in [3.63, 3.8) is 0 Å². The monoisotopic (exact) mass is 516 g/mol. The van der Waals surface area contributed by atoms with Crippen LogP contribution in [0.4, 0.5) is 11.4 Å². The molecule has 202 valence electrons. The maximum Gasteiger partial charge on any atom is 0.219 e. The Bertz CT molecular complexity index is 1220. The molecule has 6 rings (SSSR count). The molecule has 0 atom stereocenters. The van der Waals surface area contributed by atoms with Crippen molar-refractivity contribution in [2.24, 2.45) is 0 Å². The summed E-state index contributed by atoms with van der Waals surface area (Å²) in [5.74, 6) is 0.644. The van der Waals surface area contributed by atoms with Crippen LogP contribution >= 0.6 is 0 Å². The normalized spacial score (nSPS) is 18.6. The summed E-state index contributed by atoms with van der Waals surface area (Å²) in [7, 11) is 1.70. The van der Waals surface area contributed by atoms with E-state index in [-0.39, 0.29) is 0 Å². The van der Waals surface area contributed by atoms with Gasteiger partial charge in [0, 0.05) is 43.1 Å². The zero-order valence-electron chi connectivity index (χ0n) is 22.6. The Morgan fingerprint density at radius 1 is 1.03 bits per heavy atom. The Morgan fingerprint density at radius 3 is 2.66 bits per heavy atom. The number of aryl methyl sites for hydroxylation is 1. The highest BCUT2D eigenvalue weighted by Gasteiger charge is 2.25. The average Bonchev–Trinajstić information content (AvgIpc) is 3.49. The highest BCUT2D eigenvalue weighted by Crippen LogP contribution is 2.36. The highest BCUT2D eigenvalue weighted by molar-refractivity contribution is 5.91. The highest BCUT2D eigenvalue weighted by atomic mass is 16.5. The first kappa shape index (κ1) is 25.3. The molecule has 2 fully saturated rings. The van der Waals surface area contributed by atoms with Crippen molar-refractivity contribution >= 4 is 22.4 Å². The molecule has 3 aromatic heterocycles. The van der Waals surface area contributed by atoms with Crippen LogP contribution in [0.25, 0.3) is 11.0 Å². The molecule has 8 nitrogen and oxygen atoms in total. The first-order valence-electron chi connectivity index (χ1n) is 14.4. The Kier molecular flexibility index (Phi) is 7.88. The van der Waals surface area contributed by atoms with E-state index in [1.54, 1.807) is 7.11 Å². The fraction of sp³-hybridized carbons (Fsp3) is 0.567. The summed E-state index contributed by atoms with van der Waals surface area (Å²) >= 11 is 0. The molecule has 0 amide bonds. The van der Waals surface area contributed by atoms with Crippen LogP contribution in [0.1, 0.15) is 55.3 Å². The van der Waals surface area contributed by atoms with Crippen molar-refractivity contribution in [1.82, 2.24) is 19.9 Å². The quantitative estimate of drug-likeness (QED) is 0.414. The van der Waals surface area contributed by atoms with Crippen LogP contribution in [0.3, 0.4) is 0 Å². The molecular formula is C30H40N6O2. The number of hydrogen-bond donors (Lipinski definition) is 1. The molecule has 38 heavy (non-hydrogen) atoms. The summed E-state index contributed by atoms with van der Waals surface area (Å²) < 4.78 is 11.8.